The van der Waals surface area contributed by atoms with Crippen LogP contribution < -0.4 is 51.4 Å². The summed E-state index contributed by atoms with van der Waals surface area (Å²) in [6.07, 6.45) is 0. The van der Waals surface area contributed by atoms with Gasteiger partial charge in [0.1, 0.15) is 0 Å². The van der Waals surface area contributed by atoms with Gasteiger partial charge in [0.15, 0.2) is 0 Å². The fourth-order valence-electron chi connectivity index (χ4n) is 0.994. The van der Waals surface area contributed by atoms with Gasteiger partial charge >= 0.3 is 58.4 Å². The Bertz CT molecular complexity index is 328. The van der Waals surface area contributed by atoms with Crippen molar-refractivity contribution in [3.63, 3.8) is 0 Å². The summed E-state index contributed by atoms with van der Waals surface area (Å²) in [5, 5.41) is 0. The third-order valence-electron chi connectivity index (χ3n) is 1.92. The maximum Gasteiger partial charge on any atom is 1.00 e. The van der Waals surface area contributed by atoms with Crippen molar-refractivity contribution in [1.29, 1.82) is 0 Å². The van der Waals surface area contributed by atoms with Crippen LogP contribution in [0.1, 0.15) is 11.1 Å². The number of benzene rings is 1. The van der Waals surface area contributed by atoms with Gasteiger partial charge in [0.2, 0.25) is 0 Å². The zero-order chi connectivity index (χ0) is 10.8. The number of halogens is 3. The van der Waals surface area contributed by atoms with Crippen molar-refractivity contribution in [3.05, 3.63) is 29.3 Å². The molecule has 1 aromatic carbocycles. The number of hydrogen-bond acceptors (Lipinski definition) is 1. The molecule has 15 heavy (non-hydrogen) atoms. The molecule has 0 heterocycles. The molecule has 0 unspecified atom stereocenters. The molecule has 0 amide bonds. The van der Waals surface area contributed by atoms with E-state index >= 15 is 0 Å². The van der Waals surface area contributed by atoms with Crippen LogP contribution in [0.4, 0.5) is 12.9 Å². The Morgan fingerprint density at radius 3 is 2.20 bits per heavy atom. The van der Waals surface area contributed by atoms with E-state index in [4.69, 9.17) is 0 Å². The second kappa shape index (κ2) is 6.71. The first kappa shape index (κ1) is 16.1. The van der Waals surface area contributed by atoms with Crippen molar-refractivity contribution < 1.29 is 64.3 Å². The van der Waals surface area contributed by atoms with E-state index in [1.807, 2.05) is 19.9 Å². The third-order valence-corrected chi connectivity index (χ3v) is 3.05. The van der Waals surface area contributed by atoms with E-state index in [-0.39, 0.29) is 51.4 Å². The van der Waals surface area contributed by atoms with Gasteiger partial charge in [-0.25, -0.2) is 0 Å². The van der Waals surface area contributed by atoms with Crippen LogP contribution in [0.25, 0.3) is 0 Å². The third kappa shape index (κ3) is 6.38. The van der Waals surface area contributed by atoms with E-state index in [1.165, 1.54) is 0 Å². The van der Waals surface area contributed by atoms with Crippen LogP contribution in [0.3, 0.4) is 0 Å². The zero-order valence-electron chi connectivity index (χ0n) is 9.06. The van der Waals surface area contributed by atoms with E-state index in [9.17, 15) is 12.9 Å². The molecule has 0 atom stereocenters. The van der Waals surface area contributed by atoms with Crippen LogP contribution in [-0.4, -0.2) is 12.6 Å². The molecule has 1 rings (SSSR count). The van der Waals surface area contributed by atoms with E-state index in [0.717, 1.165) is 22.9 Å². The van der Waals surface area contributed by atoms with E-state index < -0.39 is 12.6 Å². The van der Waals surface area contributed by atoms with Crippen LogP contribution >= 0.6 is 11.8 Å². The number of aryl methyl sites for hydroxylation is 2. The van der Waals surface area contributed by atoms with Crippen LogP contribution in [0.15, 0.2) is 23.1 Å². The smallest absolute Gasteiger partial charge is 0.448 e. The van der Waals surface area contributed by atoms with Crippen LogP contribution in [0, 0.1) is 13.8 Å². The second-order valence-electron chi connectivity index (χ2n) is 3.27. The van der Waals surface area contributed by atoms with Gasteiger partial charge in [0.25, 0.3) is 0 Å². The topological polar surface area (TPSA) is 0 Å². The first-order valence-electron chi connectivity index (χ1n) is 4.29. The summed E-state index contributed by atoms with van der Waals surface area (Å²) in [5.74, 6) is 0. The summed E-state index contributed by atoms with van der Waals surface area (Å²) in [7, 11) is 0. The molecule has 0 aromatic heterocycles. The van der Waals surface area contributed by atoms with Crippen molar-refractivity contribution in [2.75, 3.05) is 5.65 Å². The van der Waals surface area contributed by atoms with Crippen molar-refractivity contribution in [2.24, 2.45) is 0 Å². The average Bonchev–Trinajstić information content (AvgIpc) is 2.06. The number of rotatable bonds is 3. The molecule has 0 nitrogen and oxygen atoms in total. The quantitative estimate of drug-likeness (QED) is 0.570. The van der Waals surface area contributed by atoms with Gasteiger partial charge in [-0.15, -0.1) is 0 Å². The molecule has 6 heteroatoms. The standard InChI is InChI=1S/C9H11BF3S.K/c1-7-3-4-9(5-8(7)2)14-6-10(11,12)13;/h3-5H,6H2,1-2H3;/q-1;+1. The molecule has 0 spiro atoms. The van der Waals surface area contributed by atoms with Crippen molar-refractivity contribution in [2.45, 2.75) is 18.7 Å². The average molecular weight is 258 g/mol. The first-order valence-corrected chi connectivity index (χ1v) is 5.28. The summed E-state index contributed by atoms with van der Waals surface area (Å²) < 4.78 is 35.9. The molecule has 78 valence electrons. The Labute approximate surface area is 135 Å². The monoisotopic (exact) mass is 258 g/mol. The second-order valence-corrected chi connectivity index (χ2v) is 4.36. The minimum atomic E-state index is -4.69. The molecule has 0 N–H and O–H groups in total. The van der Waals surface area contributed by atoms with Crippen molar-refractivity contribution in [3.8, 4) is 0 Å². The van der Waals surface area contributed by atoms with E-state index in [1.54, 1.807) is 12.1 Å². The minimum absolute atomic E-state index is 0. The molecule has 0 bridgehead atoms. The predicted molar refractivity (Wildman–Crippen MR) is 55.7 cm³/mol. The molecule has 0 aliphatic rings. The summed E-state index contributed by atoms with van der Waals surface area (Å²) in [6.45, 7) is -0.842. The summed E-state index contributed by atoms with van der Waals surface area (Å²) in [4.78, 5) is 0.687. The van der Waals surface area contributed by atoms with Gasteiger partial charge in [-0.1, -0.05) is 6.07 Å². The fraction of sp³-hybridized carbons (Fsp3) is 0.333. The number of hydrogen-bond donors (Lipinski definition) is 0. The fourth-order valence-corrected chi connectivity index (χ4v) is 1.80. The van der Waals surface area contributed by atoms with Crippen LogP contribution in [0.5, 0.6) is 0 Å². The maximum absolute atomic E-state index is 12.0. The Morgan fingerprint density at radius 2 is 1.73 bits per heavy atom. The number of thioether (sulfide) groups is 1. The van der Waals surface area contributed by atoms with Crippen LogP contribution in [0.2, 0.25) is 0 Å². The summed E-state index contributed by atoms with van der Waals surface area (Å²) in [6, 6.07) is 5.37. The molecular weight excluding hydrogens is 247 g/mol. The van der Waals surface area contributed by atoms with Gasteiger partial charge in [-0.3, -0.25) is 0 Å². The molecule has 1 aromatic rings. The van der Waals surface area contributed by atoms with Gasteiger partial charge in [-0.2, -0.15) is 11.8 Å². The Balaban J connectivity index is 0.00000196. The van der Waals surface area contributed by atoms with E-state index in [2.05, 4.69) is 0 Å². The Kier molecular flexibility index (Phi) is 7.19. The largest absolute Gasteiger partial charge is 1.00 e. The van der Waals surface area contributed by atoms with Gasteiger partial charge in [0, 0.05) is 4.90 Å². The zero-order valence-corrected chi connectivity index (χ0v) is 13.0. The molecule has 0 saturated carbocycles. The molecule has 0 aliphatic heterocycles. The maximum atomic E-state index is 12.0. The first-order chi connectivity index (χ1) is 6.38. The summed E-state index contributed by atoms with van der Waals surface area (Å²) >= 11 is 0.853. The minimum Gasteiger partial charge on any atom is -0.448 e. The van der Waals surface area contributed by atoms with Crippen LogP contribution in [-0.2, 0) is 0 Å². The SMILES string of the molecule is Cc1ccc(SC[B-](F)(F)F)cc1C.[K+]. The molecule has 0 saturated heterocycles. The van der Waals surface area contributed by atoms with Gasteiger partial charge in [-0.05, 0) is 42.8 Å². The Morgan fingerprint density at radius 1 is 1.13 bits per heavy atom. The van der Waals surface area contributed by atoms with Gasteiger partial charge < -0.3 is 12.9 Å². The van der Waals surface area contributed by atoms with Crippen molar-refractivity contribution >= 4 is 18.7 Å². The van der Waals surface area contributed by atoms with Gasteiger partial charge in [0.05, 0.1) is 0 Å². The predicted octanol–water partition coefficient (Wildman–Crippen LogP) is 0.786. The molecule has 0 radical (unpaired) electrons. The van der Waals surface area contributed by atoms with Crippen molar-refractivity contribution in [1.82, 2.24) is 0 Å². The van der Waals surface area contributed by atoms with E-state index in [0.29, 0.717) is 4.90 Å². The normalized spacial score (nSPS) is 11.0. The molecule has 0 fully saturated rings. The molecule has 0 aliphatic carbocycles. The summed E-state index contributed by atoms with van der Waals surface area (Å²) in [5.41, 5.74) is 1.37. The molecular formula is C9H11BF3KS. The Hall–Kier alpha value is 1.06.